The van der Waals surface area contributed by atoms with E-state index in [0.29, 0.717) is 22.0 Å². The molecule has 110 valence electrons. The van der Waals surface area contributed by atoms with Crippen LogP contribution in [-0.2, 0) is 0 Å². The molecular formula is C15H11Cl2N5. The van der Waals surface area contributed by atoms with Crippen molar-refractivity contribution in [1.29, 1.82) is 5.26 Å². The Kier molecular flexibility index (Phi) is 3.88. The van der Waals surface area contributed by atoms with Crippen molar-refractivity contribution in [2.75, 3.05) is 5.73 Å². The number of hydrogen-bond acceptors (Lipinski definition) is 4. The number of allylic oxidation sites excluding steroid dienone is 4. The van der Waals surface area contributed by atoms with Gasteiger partial charge in [-0.3, -0.25) is 0 Å². The van der Waals surface area contributed by atoms with Gasteiger partial charge in [0, 0.05) is 22.8 Å². The summed E-state index contributed by atoms with van der Waals surface area (Å²) >= 11 is 12.3. The number of nitrogens with zero attached hydrogens (tertiary/aromatic N) is 3. The van der Waals surface area contributed by atoms with Crippen LogP contribution in [0.5, 0.6) is 0 Å². The van der Waals surface area contributed by atoms with Crippen LogP contribution in [0.4, 0.5) is 5.95 Å². The predicted molar refractivity (Wildman–Crippen MR) is 86.4 cm³/mol. The van der Waals surface area contributed by atoms with Crippen molar-refractivity contribution in [1.82, 2.24) is 15.0 Å². The average molecular weight is 332 g/mol. The molecule has 0 saturated carbocycles. The van der Waals surface area contributed by atoms with E-state index in [-0.39, 0.29) is 17.2 Å². The van der Waals surface area contributed by atoms with Gasteiger partial charge in [-0.15, -0.1) is 11.6 Å². The smallest absolute Gasteiger partial charge is 0.220 e. The maximum absolute atomic E-state index is 9.37. The fourth-order valence-corrected chi connectivity index (χ4v) is 2.97. The van der Waals surface area contributed by atoms with Crippen LogP contribution >= 0.6 is 23.2 Å². The number of H-pyrrole nitrogens is 1. The Hall–Kier alpha value is -2.29. The lowest BCUT2D eigenvalue weighted by atomic mass is 9.94. The van der Waals surface area contributed by atoms with Gasteiger partial charge in [-0.25, -0.2) is 9.97 Å². The Morgan fingerprint density at radius 1 is 1.41 bits per heavy atom. The minimum atomic E-state index is -0.327. The number of aromatic amines is 1. The zero-order valence-corrected chi connectivity index (χ0v) is 12.8. The lowest BCUT2D eigenvalue weighted by molar-refractivity contribution is 0.827. The molecule has 0 saturated heterocycles. The monoisotopic (exact) mass is 331 g/mol. The first kappa shape index (κ1) is 14.6. The summed E-state index contributed by atoms with van der Waals surface area (Å²) in [4.78, 5) is 11.2. The summed E-state index contributed by atoms with van der Waals surface area (Å²) in [6.45, 7) is 0. The number of alkyl halides is 1. The normalized spacial score (nSPS) is 20.5. The van der Waals surface area contributed by atoms with Gasteiger partial charge >= 0.3 is 0 Å². The molecule has 3 N–H and O–H groups in total. The number of rotatable bonds is 2. The number of hydrogen-bond donors (Lipinski definition) is 2. The van der Waals surface area contributed by atoms with E-state index >= 15 is 0 Å². The number of anilines is 1. The van der Waals surface area contributed by atoms with Gasteiger partial charge in [0.1, 0.15) is 6.07 Å². The summed E-state index contributed by atoms with van der Waals surface area (Å²) in [5.41, 5.74) is 8.15. The van der Waals surface area contributed by atoms with Crippen molar-refractivity contribution in [3.8, 4) is 17.5 Å². The standard InChI is InChI=1S/C15H11Cl2N5/c16-9-1-2-10(11(17)6-9)14-8(7-18)5-13(21-14)12-3-4-20-15(19)22-12/h1-6,10-11,21H,(H2,19,20,22). The third-order valence-corrected chi connectivity index (χ3v) is 4.03. The van der Waals surface area contributed by atoms with Crippen molar-refractivity contribution in [3.63, 3.8) is 0 Å². The molecule has 0 radical (unpaired) electrons. The highest BCUT2D eigenvalue weighted by atomic mass is 35.5. The van der Waals surface area contributed by atoms with Crippen LogP contribution in [0.25, 0.3) is 11.4 Å². The molecular weight excluding hydrogens is 321 g/mol. The summed E-state index contributed by atoms with van der Waals surface area (Å²) in [5, 5.41) is 9.63. The van der Waals surface area contributed by atoms with E-state index in [4.69, 9.17) is 28.9 Å². The van der Waals surface area contributed by atoms with Gasteiger partial charge < -0.3 is 10.7 Å². The Balaban J connectivity index is 2.03. The Bertz CT molecular complexity index is 816. The van der Waals surface area contributed by atoms with Crippen LogP contribution in [0.3, 0.4) is 0 Å². The molecule has 3 rings (SSSR count). The van der Waals surface area contributed by atoms with Crippen LogP contribution in [0.15, 0.2) is 41.6 Å². The molecule has 0 bridgehead atoms. The van der Waals surface area contributed by atoms with Gasteiger partial charge in [0.2, 0.25) is 5.95 Å². The Morgan fingerprint density at radius 3 is 2.91 bits per heavy atom. The molecule has 1 aliphatic rings. The average Bonchev–Trinajstić information content (AvgIpc) is 2.91. The summed E-state index contributed by atoms with van der Waals surface area (Å²) in [7, 11) is 0. The fourth-order valence-electron chi connectivity index (χ4n) is 2.36. The number of nitrogen functional groups attached to an aromatic ring is 1. The first-order valence-electron chi connectivity index (χ1n) is 6.50. The number of halogens is 2. The lowest BCUT2D eigenvalue weighted by Crippen LogP contribution is -2.13. The second-order valence-corrected chi connectivity index (χ2v) is 5.74. The van der Waals surface area contributed by atoms with Crippen LogP contribution in [-0.4, -0.2) is 20.3 Å². The molecule has 0 aromatic carbocycles. The quantitative estimate of drug-likeness (QED) is 0.826. The van der Waals surface area contributed by atoms with E-state index in [2.05, 4.69) is 21.0 Å². The maximum Gasteiger partial charge on any atom is 0.220 e. The molecule has 5 nitrogen and oxygen atoms in total. The van der Waals surface area contributed by atoms with E-state index in [0.717, 1.165) is 5.69 Å². The molecule has 0 aliphatic heterocycles. The van der Waals surface area contributed by atoms with Gasteiger partial charge in [0.25, 0.3) is 0 Å². The summed E-state index contributed by atoms with van der Waals surface area (Å²) in [6.07, 6.45) is 6.97. The van der Waals surface area contributed by atoms with Gasteiger partial charge in [-0.05, 0) is 24.3 Å². The zero-order valence-electron chi connectivity index (χ0n) is 11.3. The fraction of sp³-hybridized carbons (Fsp3) is 0.133. The van der Waals surface area contributed by atoms with E-state index in [9.17, 15) is 5.26 Å². The number of nitrogens with two attached hydrogens (primary N) is 1. The summed E-state index contributed by atoms with van der Waals surface area (Å²) in [5.74, 6) is 0.0152. The number of nitrogens with one attached hydrogen (secondary N) is 1. The van der Waals surface area contributed by atoms with Crippen LogP contribution in [0.1, 0.15) is 17.2 Å². The van der Waals surface area contributed by atoms with E-state index in [1.54, 1.807) is 30.5 Å². The Labute approximate surface area is 137 Å². The summed E-state index contributed by atoms with van der Waals surface area (Å²) in [6, 6.07) is 5.63. The number of nitriles is 1. The molecule has 2 atom stereocenters. The molecule has 7 heteroatoms. The zero-order chi connectivity index (χ0) is 15.7. The highest BCUT2D eigenvalue weighted by molar-refractivity contribution is 6.32. The van der Waals surface area contributed by atoms with Gasteiger partial charge in [-0.1, -0.05) is 17.7 Å². The van der Waals surface area contributed by atoms with Crippen LogP contribution in [0.2, 0.25) is 0 Å². The minimum Gasteiger partial charge on any atom is -0.368 e. The van der Waals surface area contributed by atoms with Crippen molar-refractivity contribution in [3.05, 3.63) is 52.8 Å². The Morgan fingerprint density at radius 2 is 2.23 bits per heavy atom. The molecule has 2 aromatic heterocycles. The van der Waals surface area contributed by atoms with Crippen LogP contribution in [0, 0.1) is 11.3 Å². The molecule has 0 spiro atoms. The third-order valence-electron chi connectivity index (χ3n) is 3.38. The largest absolute Gasteiger partial charge is 0.368 e. The highest BCUT2D eigenvalue weighted by Crippen LogP contribution is 2.34. The van der Waals surface area contributed by atoms with Gasteiger partial charge in [0.15, 0.2) is 0 Å². The minimum absolute atomic E-state index is 0.160. The first-order valence-corrected chi connectivity index (χ1v) is 7.31. The third kappa shape index (κ3) is 2.71. The maximum atomic E-state index is 9.37. The van der Waals surface area contributed by atoms with Crippen molar-refractivity contribution in [2.24, 2.45) is 0 Å². The highest BCUT2D eigenvalue weighted by Gasteiger charge is 2.25. The molecule has 2 heterocycles. The molecule has 2 aromatic rings. The molecule has 2 unspecified atom stereocenters. The van der Waals surface area contributed by atoms with Crippen molar-refractivity contribution < 1.29 is 0 Å². The predicted octanol–water partition coefficient (Wildman–Crippen LogP) is 3.31. The lowest BCUT2D eigenvalue weighted by Gasteiger charge is -2.19. The summed E-state index contributed by atoms with van der Waals surface area (Å²) < 4.78 is 0. The first-order chi connectivity index (χ1) is 10.6. The molecule has 1 aliphatic carbocycles. The van der Waals surface area contributed by atoms with Crippen LogP contribution < -0.4 is 5.73 Å². The van der Waals surface area contributed by atoms with Gasteiger partial charge in [-0.2, -0.15) is 5.26 Å². The second kappa shape index (κ2) is 5.84. The van der Waals surface area contributed by atoms with E-state index in [1.807, 2.05) is 6.08 Å². The van der Waals surface area contributed by atoms with Crippen molar-refractivity contribution >= 4 is 29.2 Å². The van der Waals surface area contributed by atoms with Crippen molar-refractivity contribution in [2.45, 2.75) is 11.3 Å². The molecule has 22 heavy (non-hydrogen) atoms. The van der Waals surface area contributed by atoms with E-state index < -0.39 is 0 Å². The topological polar surface area (TPSA) is 91.4 Å². The second-order valence-electron chi connectivity index (χ2n) is 4.80. The molecule has 0 amide bonds. The SMILES string of the molecule is N#Cc1cc(-c2ccnc(N)n2)[nH]c1C1C=CC(Cl)=CC1Cl. The van der Waals surface area contributed by atoms with Gasteiger partial charge in [0.05, 0.1) is 22.3 Å². The van der Waals surface area contributed by atoms with E-state index in [1.165, 1.54) is 0 Å². The molecule has 0 fully saturated rings. The number of aromatic nitrogens is 3.